The van der Waals surface area contributed by atoms with E-state index in [4.69, 9.17) is 4.74 Å². The van der Waals surface area contributed by atoms with Gasteiger partial charge in [0, 0.05) is 26.2 Å². The normalized spacial score (nSPS) is 10.0. The van der Waals surface area contributed by atoms with Gasteiger partial charge >= 0.3 is 0 Å². The van der Waals surface area contributed by atoms with E-state index in [1.807, 2.05) is 19.9 Å². The fourth-order valence-corrected chi connectivity index (χ4v) is 1.83. The fraction of sp³-hybridized carbons (Fsp3) is 0.200. The van der Waals surface area contributed by atoms with Crippen LogP contribution in [0.2, 0.25) is 0 Å². The van der Waals surface area contributed by atoms with E-state index in [2.05, 4.69) is 6.07 Å². The molecule has 7 nitrogen and oxygen atoms in total. The summed E-state index contributed by atoms with van der Waals surface area (Å²) in [6, 6.07) is 11.5. The van der Waals surface area contributed by atoms with E-state index in [1.54, 1.807) is 12.1 Å². The molecule has 0 aliphatic heterocycles. The summed E-state index contributed by atoms with van der Waals surface area (Å²) in [4.78, 5) is 20.3. The SMILES string of the molecule is CC(C)c1[c-]c(Oc2cc([N+](=O)[O-])cc([N+](=O)[O-])c2)ccc1.[Re]. The molecule has 2 aromatic rings. The summed E-state index contributed by atoms with van der Waals surface area (Å²) in [6.45, 7) is 3.99. The minimum atomic E-state index is -0.700. The summed E-state index contributed by atoms with van der Waals surface area (Å²) in [5.74, 6) is 0.613. The van der Waals surface area contributed by atoms with Gasteiger partial charge in [0.2, 0.25) is 0 Å². The molecule has 0 aromatic heterocycles. The second-order valence-electron chi connectivity index (χ2n) is 4.93. The summed E-state index contributed by atoms with van der Waals surface area (Å²) >= 11 is 0. The van der Waals surface area contributed by atoms with Gasteiger partial charge in [0.15, 0.2) is 0 Å². The molecule has 2 aromatic carbocycles. The number of benzene rings is 2. The molecule has 23 heavy (non-hydrogen) atoms. The van der Waals surface area contributed by atoms with Crippen LogP contribution < -0.4 is 4.74 Å². The summed E-state index contributed by atoms with van der Waals surface area (Å²) in [5.41, 5.74) is 0.117. The number of ether oxygens (including phenoxy) is 1. The van der Waals surface area contributed by atoms with E-state index in [0.717, 1.165) is 23.8 Å². The molecule has 0 amide bonds. The zero-order valence-corrected chi connectivity index (χ0v) is 15.1. The van der Waals surface area contributed by atoms with Gasteiger partial charge < -0.3 is 4.74 Å². The number of nitrogens with zero attached hydrogens (tertiary/aromatic N) is 2. The molecule has 0 aliphatic rings. The Balaban J connectivity index is 0.00000264. The van der Waals surface area contributed by atoms with Gasteiger partial charge in [-0.15, -0.1) is 12.1 Å². The Kier molecular flexibility index (Phi) is 6.37. The zero-order chi connectivity index (χ0) is 16.3. The molecule has 0 N–H and O–H groups in total. The zero-order valence-electron chi connectivity index (χ0n) is 12.4. The first kappa shape index (κ1) is 18.8. The molecular formula is C15H13N2O5Re-. The number of nitro benzene ring substituents is 2. The molecule has 0 aliphatic carbocycles. The van der Waals surface area contributed by atoms with Crippen LogP contribution in [0.3, 0.4) is 0 Å². The van der Waals surface area contributed by atoms with Gasteiger partial charge in [0.1, 0.15) is 5.75 Å². The van der Waals surface area contributed by atoms with Crippen molar-refractivity contribution in [2.45, 2.75) is 19.8 Å². The van der Waals surface area contributed by atoms with Crippen molar-refractivity contribution in [1.82, 2.24) is 0 Å². The Labute approximate surface area is 146 Å². The van der Waals surface area contributed by atoms with Crippen molar-refractivity contribution in [3.8, 4) is 11.5 Å². The van der Waals surface area contributed by atoms with Gasteiger partial charge in [-0.25, -0.2) is 0 Å². The number of hydrogen-bond donors (Lipinski definition) is 0. The number of rotatable bonds is 5. The largest absolute Gasteiger partial charge is 0.483 e. The standard InChI is InChI=1S/C15H13N2O5.Re/c1-10(2)11-4-3-5-14(6-11)22-15-8-12(16(18)19)7-13(9-15)17(20)21;/h3-5,7-10H,1-2H3;/q-1;. The first-order valence-electron chi connectivity index (χ1n) is 6.51. The molecule has 2 rings (SSSR count). The van der Waals surface area contributed by atoms with E-state index in [0.29, 0.717) is 5.75 Å². The quantitative estimate of drug-likeness (QED) is 0.358. The minimum absolute atomic E-state index is 0. The van der Waals surface area contributed by atoms with Crippen LogP contribution in [0.15, 0.2) is 36.4 Å². The van der Waals surface area contributed by atoms with Crippen molar-refractivity contribution >= 4 is 11.4 Å². The Bertz CT molecular complexity index is 701. The maximum absolute atomic E-state index is 10.8. The third-order valence-electron chi connectivity index (χ3n) is 2.94. The van der Waals surface area contributed by atoms with Crippen LogP contribution in [-0.2, 0) is 20.4 Å². The van der Waals surface area contributed by atoms with Crippen LogP contribution >= 0.6 is 0 Å². The second-order valence-corrected chi connectivity index (χ2v) is 4.93. The Morgan fingerprint density at radius 1 is 1.04 bits per heavy atom. The van der Waals surface area contributed by atoms with Crippen LogP contribution in [-0.4, -0.2) is 9.85 Å². The number of non-ortho nitro benzene ring substituents is 2. The summed E-state index contributed by atoms with van der Waals surface area (Å²) in [5, 5.41) is 21.7. The Morgan fingerprint density at radius 3 is 2.09 bits per heavy atom. The van der Waals surface area contributed by atoms with Crippen molar-refractivity contribution in [2.75, 3.05) is 0 Å². The van der Waals surface area contributed by atoms with Gasteiger partial charge in [-0.1, -0.05) is 13.8 Å². The monoisotopic (exact) mass is 488 g/mol. The topological polar surface area (TPSA) is 95.5 Å². The van der Waals surface area contributed by atoms with Crippen LogP contribution in [0.5, 0.6) is 11.5 Å². The second kappa shape index (κ2) is 7.81. The molecule has 0 atom stereocenters. The molecule has 121 valence electrons. The van der Waals surface area contributed by atoms with Crippen LogP contribution in [0.4, 0.5) is 11.4 Å². The molecule has 0 fully saturated rings. The predicted molar refractivity (Wildman–Crippen MR) is 79.2 cm³/mol. The number of nitro groups is 2. The van der Waals surface area contributed by atoms with Crippen molar-refractivity contribution in [1.29, 1.82) is 0 Å². The number of hydrogen-bond acceptors (Lipinski definition) is 5. The van der Waals surface area contributed by atoms with E-state index in [9.17, 15) is 20.2 Å². The Morgan fingerprint density at radius 2 is 1.61 bits per heavy atom. The van der Waals surface area contributed by atoms with Gasteiger partial charge in [-0.05, 0) is 5.92 Å². The molecule has 0 heterocycles. The molecule has 0 spiro atoms. The first-order valence-corrected chi connectivity index (χ1v) is 6.51. The van der Waals surface area contributed by atoms with E-state index in [1.165, 1.54) is 0 Å². The molecule has 0 saturated heterocycles. The summed E-state index contributed by atoms with van der Waals surface area (Å²) < 4.78 is 5.49. The van der Waals surface area contributed by atoms with Crippen LogP contribution in [0.25, 0.3) is 0 Å². The third kappa shape index (κ3) is 4.84. The van der Waals surface area contributed by atoms with Crippen molar-refractivity contribution in [3.63, 3.8) is 0 Å². The van der Waals surface area contributed by atoms with Crippen molar-refractivity contribution < 1.29 is 35.0 Å². The average molecular weight is 487 g/mol. The fourth-order valence-electron chi connectivity index (χ4n) is 1.83. The van der Waals surface area contributed by atoms with Gasteiger partial charge in [-0.3, -0.25) is 20.2 Å². The molecule has 8 heteroatoms. The maximum atomic E-state index is 10.8. The van der Waals surface area contributed by atoms with Gasteiger partial charge in [-0.2, -0.15) is 17.7 Å². The van der Waals surface area contributed by atoms with Crippen molar-refractivity contribution in [2.24, 2.45) is 0 Å². The van der Waals surface area contributed by atoms with Gasteiger partial charge in [0.25, 0.3) is 11.4 Å². The van der Waals surface area contributed by atoms with Crippen LogP contribution in [0, 0.1) is 26.3 Å². The first-order chi connectivity index (χ1) is 10.4. The Hall–Kier alpha value is -2.30. The van der Waals surface area contributed by atoms with E-state index < -0.39 is 21.2 Å². The van der Waals surface area contributed by atoms with Gasteiger partial charge in [0.05, 0.1) is 28.0 Å². The predicted octanol–water partition coefficient (Wildman–Crippen LogP) is 4.22. The van der Waals surface area contributed by atoms with E-state index in [-0.39, 0.29) is 32.1 Å². The average Bonchev–Trinajstić information content (AvgIpc) is 2.47. The summed E-state index contributed by atoms with van der Waals surface area (Å²) in [7, 11) is 0. The van der Waals surface area contributed by atoms with E-state index >= 15 is 0 Å². The van der Waals surface area contributed by atoms with Crippen molar-refractivity contribution in [3.05, 3.63) is 68.3 Å². The maximum Gasteiger partial charge on any atom is 0.280 e. The molecule has 0 unspecified atom stereocenters. The molecule has 0 bridgehead atoms. The minimum Gasteiger partial charge on any atom is -0.483 e. The smallest absolute Gasteiger partial charge is 0.280 e. The molecule has 0 saturated carbocycles. The van der Waals surface area contributed by atoms with Crippen LogP contribution in [0.1, 0.15) is 25.3 Å². The molecule has 1 radical (unpaired) electrons. The third-order valence-corrected chi connectivity index (χ3v) is 2.94. The summed E-state index contributed by atoms with van der Waals surface area (Å²) in [6.07, 6.45) is 0. The molecular weight excluding hydrogens is 474 g/mol.